The number of benzene rings is 1. The van der Waals surface area contributed by atoms with Crippen LogP contribution in [0.4, 0.5) is 18.9 Å². The Morgan fingerprint density at radius 1 is 1.03 bits per heavy atom. The molecule has 9 heteroatoms. The maximum absolute atomic E-state index is 13.0. The van der Waals surface area contributed by atoms with Crippen LogP contribution >= 0.6 is 11.8 Å². The highest BCUT2D eigenvalue weighted by molar-refractivity contribution is 7.99. The minimum absolute atomic E-state index is 0.325. The van der Waals surface area contributed by atoms with Crippen molar-refractivity contribution in [3.05, 3.63) is 65.7 Å². The highest BCUT2D eigenvalue weighted by Gasteiger charge is 2.30. The molecule has 32 heavy (non-hydrogen) atoms. The van der Waals surface area contributed by atoms with E-state index in [1.165, 1.54) is 25.3 Å². The Morgan fingerprint density at radius 2 is 1.88 bits per heavy atom. The summed E-state index contributed by atoms with van der Waals surface area (Å²) in [6.07, 6.45) is 3.98. The van der Waals surface area contributed by atoms with E-state index in [0.717, 1.165) is 53.8 Å². The zero-order chi connectivity index (χ0) is 22.4. The molecule has 5 nitrogen and oxygen atoms in total. The molecule has 0 atom stereocenters. The van der Waals surface area contributed by atoms with Gasteiger partial charge in [0.25, 0.3) is 0 Å². The van der Waals surface area contributed by atoms with Crippen LogP contribution in [0.3, 0.4) is 0 Å². The van der Waals surface area contributed by atoms with Crippen molar-refractivity contribution in [2.24, 2.45) is 0 Å². The van der Waals surface area contributed by atoms with Gasteiger partial charge in [-0.15, -0.1) is 10.2 Å². The van der Waals surface area contributed by atoms with Gasteiger partial charge in [-0.2, -0.15) is 13.2 Å². The summed E-state index contributed by atoms with van der Waals surface area (Å²) in [4.78, 5) is 4.37. The van der Waals surface area contributed by atoms with Crippen molar-refractivity contribution in [2.75, 3.05) is 11.1 Å². The summed E-state index contributed by atoms with van der Waals surface area (Å²) in [7, 11) is 0. The topological polar surface area (TPSA) is 55.6 Å². The molecule has 0 spiro atoms. The second-order valence-corrected chi connectivity index (χ2v) is 8.97. The summed E-state index contributed by atoms with van der Waals surface area (Å²) in [6.45, 7) is 0.325. The molecule has 0 unspecified atom stereocenters. The second-order valence-electron chi connectivity index (χ2n) is 7.91. The fraction of sp³-hybridized carbons (Fsp3) is 0.435. The van der Waals surface area contributed by atoms with Crippen LogP contribution in [-0.2, 0) is 19.1 Å². The second kappa shape index (κ2) is 10.4. The molecule has 170 valence electrons. The van der Waals surface area contributed by atoms with E-state index in [1.54, 1.807) is 24.0 Å². The quantitative estimate of drug-likeness (QED) is 0.408. The first kappa shape index (κ1) is 22.6. The molecule has 1 N–H and O–H groups in total. The molecule has 1 fully saturated rings. The van der Waals surface area contributed by atoms with Gasteiger partial charge in [-0.3, -0.25) is 4.98 Å². The SMILES string of the molecule is FC(F)(F)c1cccc(NCc2nnc(SCCc3ccccn3)n2C2CCCCC2)c1. The third-order valence-electron chi connectivity index (χ3n) is 5.63. The number of thioether (sulfide) groups is 1. The lowest BCUT2D eigenvalue weighted by Gasteiger charge is -2.25. The molecule has 3 aromatic rings. The Morgan fingerprint density at radius 3 is 2.62 bits per heavy atom. The molecule has 1 aromatic carbocycles. The van der Waals surface area contributed by atoms with Gasteiger partial charge in [-0.05, 0) is 49.6 Å². The zero-order valence-corrected chi connectivity index (χ0v) is 18.5. The van der Waals surface area contributed by atoms with Gasteiger partial charge in [-0.25, -0.2) is 0 Å². The summed E-state index contributed by atoms with van der Waals surface area (Å²) < 4.78 is 41.3. The summed E-state index contributed by atoms with van der Waals surface area (Å²) in [5.74, 6) is 1.60. The van der Waals surface area contributed by atoms with E-state index in [1.807, 2.05) is 18.2 Å². The first-order chi connectivity index (χ1) is 15.5. The van der Waals surface area contributed by atoms with Crippen molar-refractivity contribution in [1.29, 1.82) is 0 Å². The number of anilines is 1. The van der Waals surface area contributed by atoms with E-state index < -0.39 is 11.7 Å². The number of nitrogens with one attached hydrogen (secondary N) is 1. The fourth-order valence-electron chi connectivity index (χ4n) is 4.01. The molecule has 1 saturated carbocycles. The van der Waals surface area contributed by atoms with E-state index in [0.29, 0.717) is 18.3 Å². The maximum atomic E-state index is 13.0. The van der Waals surface area contributed by atoms with Gasteiger partial charge in [0.15, 0.2) is 11.0 Å². The molecule has 2 heterocycles. The first-order valence-corrected chi connectivity index (χ1v) is 11.9. The number of alkyl halides is 3. The van der Waals surface area contributed by atoms with Gasteiger partial charge >= 0.3 is 6.18 Å². The van der Waals surface area contributed by atoms with Gasteiger partial charge in [0.1, 0.15) is 0 Å². The van der Waals surface area contributed by atoms with Crippen LogP contribution in [0, 0.1) is 0 Å². The fourth-order valence-corrected chi connectivity index (χ4v) is 5.00. The van der Waals surface area contributed by atoms with E-state index >= 15 is 0 Å². The molecule has 0 saturated heterocycles. The molecule has 4 rings (SSSR count). The number of pyridine rings is 1. The van der Waals surface area contributed by atoms with Gasteiger partial charge in [-0.1, -0.05) is 43.2 Å². The van der Waals surface area contributed by atoms with Crippen LogP contribution in [0.25, 0.3) is 0 Å². The molecule has 0 aliphatic heterocycles. The first-order valence-electron chi connectivity index (χ1n) is 10.9. The lowest BCUT2D eigenvalue weighted by Crippen LogP contribution is -2.18. The molecule has 1 aliphatic rings. The normalized spacial score (nSPS) is 15.1. The van der Waals surface area contributed by atoms with Crippen molar-refractivity contribution in [1.82, 2.24) is 19.7 Å². The average molecular weight is 462 g/mol. The highest BCUT2D eigenvalue weighted by atomic mass is 32.2. The van der Waals surface area contributed by atoms with Crippen LogP contribution in [0.1, 0.15) is 55.2 Å². The Bertz CT molecular complexity index is 1000. The average Bonchev–Trinajstić information content (AvgIpc) is 3.21. The van der Waals surface area contributed by atoms with E-state index in [9.17, 15) is 13.2 Å². The maximum Gasteiger partial charge on any atom is 0.416 e. The van der Waals surface area contributed by atoms with Crippen molar-refractivity contribution in [3.63, 3.8) is 0 Å². The largest absolute Gasteiger partial charge is 0.416 e. The number of aryl methyl sites for hydroxylation is 1. The molecule has 2 aromatic heterocycles. The smallest absolute Gasteiger partial charge is 0.378 e. The van der Waals surface area contributed by atoms with Crippen LogP contribution in [0.15, 0.2) is 53.8 Å². The molecule has 1 aliphatic carbocycles. The summed E-state index contributed by atoms with van der Waals surface area (Å²) in [6, 6.07) is 11.5. The lowest BCUT2D eigenvalue weighted by molar-refractivity contribution is -0.137. The zero-order valence-electron chi connectivity index (χ0n) is 17.7. The van der Waals surface area contributed by atoms with E-state index in [4.69, 9.17) is 0 Å². The third kappa shape index (κ3) is 5.82. The Kier molecular flexibility index (Phi) is 7.34. The number of rotatable bonds is 8. The van der Waals surface area contributed by atoms with Gasteiger partial charge < -0.3 is 9.88 Å². The highest BCUT2D eigenvalue weighted by Crippen LogP contribution is 2.34. The van der Waals surface area contributed by atoms with Crippen LogP contribution < -0.4 is 5.32 Å². The minimum Gasteiger partial charge on any atom is -0.378 e. The molecular formula is C23H26F3N5S. The van der Waals surface area contributed by atoms with Crippen molar-refractivity contribution in [2.45, 2.75) is 62.4 Å². The van der Waals surface area contributed by atoms with Crippen LogP contribution in [-0.4, -0.2) is 25.5 Å². The van der Waals surface area contributed by atoms with Crippen molar-refractivity contribution >= 4 is 17.4 Å². The third-order valence-corrected chi connectivity index (χ3v) is 6.58. The standard InChI is InChI=1S/C23H26F3N5S/c24-23(25,26)17-7-6-9-19(15-17)28-16-21-29-30-22(31(21)20-10-2-1-3-11-20)32-14-12-18-8-4-5-13-27-18/h4-9,13,15,20,28H,1-3,10-12,14,16H2. The van der Waals surface area contributed by atoms with Crippen LogP contribution in [0.5, 0.6) is 0 Å². The van der Waals surface area contributed by atoms with Gasteiger partial charge in [0, 0.05) is 29.4 Å². The van der Waals surface area contributed by atoms with E-state index in [2.05, 4.69) is 25.1 Å². The van der Waals surface area contributed by atoms with Crippen molar-refractivity contribution < 1.29 is 13.2 Å². The Balaban J connectivity index is 1.47. The van der Waals surface area contributed by atoms with Crippen LogP contribution in [0.2, 0.25) is 0 Å². The van der Waals surface area contributed by atoms with Gasteiger partial charge in [0.05, 0.1) is 12.1 Å². The summed E-state index contributed by atoms with van der Waals surface area (Å²) in [5, 5.41) is 12.8. The number of hydrogen-bond acceptors (Lipinski definition) is 5. The molecule has 0 amide bonds. The monoisotopic (exact) mass is 461 g/mol. The molecule has 0 bridgehead atoms. The minimum atomic E-state index is -4.36. The summed E-state index contributed by atoms with van der Waals surface area (Å²) >= 11 is 1.66. The number of nitrogens with zero attached hydrogens (tertiary/aromatic N) is 4. The predicted octanol–water partition coefficient (Wildman–Crippen LogP) is 6.14. The molecule has 0 radical (unpaired) electrons. The molecular weight excluding hydrogens is 435 g/mol. The predicted molar refractivity (Wildman–Crippen MR) is 120 cm³/mol. The number of aromatic nitrogens is 4. The van der Waals surface area contributed by atoms with Crippen molar-refractivity contribution in [3.8, 4) is 0 Å². The Hall–Kier alpha value is -2.55. The van der Waals surface area contributed by atoms with E-state index in [-0.39, 0.29) is 0 Å². The number of halogens is 3. The number of hydrogen-bond donors (Lipinski definition) is 1. The Labute approximate surface area is 189 Å². The summed E-state index contributed by atoms with van der Waals surface area (Å²) in [5.41, 5.74) is 0.791. The lowest BCUT2D eigenvalue weighted by atomic mass is 9.95. The van der Waals surface area contributed by atoms with Gasteiger partial charge in [0.2, 0.25) is 0 Å².